The molecule has 0 bridgehead atoms. The zero-order valence-corrected chi connectivity index (χ0v) is 13.4. The summed E-state index contributed by atoms with van der Waals surface area (Å²) in [5, 5.41) is 3.78. The topological polar surface area (TPSA) is 15.3 Å². The molecule has 0 spiro atoms. The molecule has 1 unspecified atom stereocenters. The first-order chi connectivity index (χ1) is 9.17. The van der Waals surface area contributed by atoms with Crippen molar-refractivity contribution in [1.29, 1.82) is 0 Å². The molecule has 0 saturated heterocycles. The largest absolute Gasteiger partial charge is 0.313 e. The Morgan fingerprint density at radius 2 is 1.84 bits per heavy atom. The summed E-state index contributed by atoms with van der Waals surface area (Å²) >= 11 is 0. The summed E-state index contributed by atoms with van der Waals surface area (Å²) in [7, 11) is 0. The SMILES string of the molecule is CCCCN(CC(C)(CCC)CNC1CC1)C1CC1. The van der Waals surface area contributed by atoms with E-state index in [9.17, 15) is 0 Å². The summed E-state index contributed by atoms with van der Waals surface area (Å²) in [4.78, 5) is 2.80. The third-order valence-electron chi connectivity index (χ3n) is 4.70. The molecule has 2 fully saturated rings. The zero-order valence-electron chi connectivity index (χ0n) is 13.4. The van der Waals surface area contributed by atoms with Gasteiger partial charge >= 0.3 is 0 Å². The lowest BCUT2D eigenvalue weighted by Crippen LogP contribution is -2.44. The van der Waals surface area contributed by atoms with Gasteiger partial charge in [-0.15, -0.1) is 0 Å². The second-order valence-corrected chi connectivity index (χ2v) is 7.27. The Balaban J connectivity index is 1.83. The summed E-state index contributed by atoms with van der Waals surface area (Å²) in [6, 6.07) is 1.77. The van der Waals surface area contributed by atoms with Crippen LogP contribution in [0.1, 0.15) is 72.1 Å². The maximum absolute atomic E-state index is 3.78. The van der Waals surface area contributed by atoms with Gasteiger partial charge in [0.25, 0.3) is 0 Å². The first kappa shape index (κ1) is 15.3. The minimum Gasteiger partial charge on any atom is -0.313 e. The maximum atomic E-state index is 3.78. The van der Waals surface area contributed by atoms with Crippen molar-refractivity contribution in [3.63, 3.8) is 0 Å². The molecule has 112 valence electrons. The van der Waals surface area contributed by atoms with Crippen LogP contribution in [0.4, 0.5) is 0 Å². The number of nitrogens with zero attached hydrogens (tertiary/aromatic N) is 1. The highest BCUT2D eigenvalue weighted by atomic mass is 15.2. The van der Waals surface area contributed by atoms with Crippen molar-refractivity contribution >= 4 is 0 Å². The van der Waals surface area contributed by atoms with Crippen molar-refractivity contribution < 1.29 is 0 Å². The van der Waals surface area contributed by atoms with E-state index in [0.717, 1.165) is 12.1 Å². The Bertz CT molecular complexity index is 258. The maximum Gasteiger partial charge on any atom is 0.00966 e. The number of unbranched alkanes of at least 4 members (excludes halogenated alkanes) is 1. The van der Waals surface area contributed by atoms with Gasteiger partial charge in [0.05, 0.1) is 0 Å². The van der Waals surface area contributed by atoms with Crippen molar-refractivity contribution in [3.05, 3.63) is 0 Å². The van der Waals surface area contributed by atoms with Crippen LogP contribution < -0.4 is 5.32 Å². The third kappa shape index (κ3) is 5.43. The van der Waals surface area contributed by atoms with E-state index in [2.05, 4.69) is 31.0 Å². The Morgan fingerprint density at radius 1 is 1.11 bits per heavy atom. The van der Waals surface area contributed by atoms with Crippen molar-refractivity contribution in [2.75, 3.05) is 19.6 Å². The van der Waals surface area contributed by atoms with Gasteiger partial charge in [-0.05, 0) is 50.5 Å². The van der Waals surface area contributed by atoms with Gasteiger partial charge in [-0.3, -0.25) is 4.90 Å². The summed E-state index contributed by atoms with van der Waals surface area (Å²) in [5.41, 5.74) is 0.480. The van der Waals surface area contributed by atoms with Gasteiger partial charge in [-0.2, -0.15) is 0 Å². The van der Waals surface area contributed by atoms with E-state index in [1.165, 1.54) is 71.0 Å². The van der Waals surface area contributed by atoms with E-state index in [0.29, 0.717) is 5.41 Å². The van der Waals surface area contributed by atoms with Gasteiger partial charge in [-0.25, -0.2) is 0 Å². The highest BCUT2D eigenvalue weighted by Crippen LogP contribution is 2.33. The molecule has 0 radical (unpaired) electrons. The van der Waals surface area contributed by atoms with E-state index in [1.807, 2.05) is 0 Å². The number of hydrogen-bond acceptors (Lipinski definition) is 2. The van der Waals surface area contributed by atoms with Crippen LogP contribution in [0.15, 0.2) is 0 Å². The second-order valence-electron chi connectivity index (χ2n) is 7.27. The highest BCUT2D eigenvalue weighted by Gasteiger charge is 2.35. The first-order valence-electron chi connectivity index (χ1n) is 8.64. The first-order valence-corrected chi connectivity index (χ1v) is 8.64. The molecule has 0 aromatic carbocycles. The van der Waals surface area contributed by atoms with Gasteiger partial charge in [0.2, 0.25) is 0 Å². The molecule has 0 aliphatic heterocycles. The Labute approximate surface area is 120 Å². The Hall–Kier alpha value is -0.0800. The molecule has 0 heterocycles. The molecule has 2 rings (SSSR count). The Kier molecular flexibility index (Phi) is 5.70. The molecular weight excluding hydrogens is 232 g/mol. The normalized spacial score (nSPS) is 22.7. The quantitative estimate of drug-likeness (QED) is 0.612. The van der Waals surface area contributed by atoms with E-state index < -0.39 is 0 Å². The van der Waals surface area contributed by atoms with E-state index in [4.69, 9.17) is 0 Å². The fourth-order valence-corrected chi connectivity index (χ4v) is 3.19. The number of rotatable bonds is 11. The van der Waals surface area contributed by atoms with E-state index in [-0.39, 0.29) is 0 Å². The van der Waals surface area contributed by atoms with Gasteiger partial charge in [0.1, 0.15) is 0 Å². The Morgan fingerprint density at radius 3 is 2.37 bits per heavy atom. The van der Waals surface area contributed by atoms with E-state index in [1.54, 1.807) is 0 Å². The fourth-order valence-electron chi connectivity index (χ4n) is 3.19. The molecule has 2 aliphatic carbocycles. The van der Waals surface area contributed by atoms with Crippen LogP contribution in [0, 0.1) is 5.41 Å². The molecule has 2 aliphatic rings. The van der Waals surface area contributed by atoms with Crippen molar-refractivity contribution in [1.82, 2.24) is 10.2 Å². The average Bonchev–Trinajstić information content (AvgIpc) is 3.26. The molecule has 0 amide bonds. The lowest BCUT2D eigenvalue weighted by molar-refractivity contribution is 0.140. The molecule has 0 aromatic rings. The fraction of sp³-hybridized carbons (Fsp3) is 1.00. The van der Waals surface area contributed by atoms with Gasteiger partial charge in [0, 0.05) is 25.2 Å². The standard InChI is InChI=1S/C17H34N2/c1-4-6-12-19(16-9-10-16)14-17(3,11-5-2)13-18-15-7-8-15/h15-16,18H,4-14H2,1-3H3. The minimum atomic E-state index is 0.480. The van der Waals surface area contributed by atoms with Crippen LogP contribution in [0.25, 0.3) is 0 Å². The second kappa shape index (κ2) is 7.08. The lowest BCUT2D eigenvalue weighted by atomic mass is 9.84. The van der Waals surface area contributed by atoms with Gasteiger partial charge in [0.15, 0.2) is 0 Å². The molecule has 1 N–H and O–H groups in total. The molecule has 2 heteroatoms. The summed E-state index contributed by atoms with van der Waals surface area (Å²) in [5.74, 6) is 0. The predicted molar refractivity (Wildman–Crippen MR) is 83.5 cm³/mol. The third-order valence-corrected chi connectivity index (χ3v) is 4.70. The summed E-state index contributed by atoms with van der Waals surface area (Å²) in [6.45, 7) is 11.0. The number of nitrogens with one attached hydrogen (secondary N) is 1. The van der Waals surface area contributed by atoms with Crippen molar-refractivity contribution in [2.24, 2.45) is 5.41 Å². The van der Waals surface area contributed by atoms with Crippen molar-refractivity contribution in [2.45, 2.75) is 84.2 Å². The van der Waals surface area contributed by atoms with Crippen LogP contribution in [0.2, 0.25) is 0 Å². The minimum absolute atomic E-state index is 0.480. The lowest BCUT2D eigenvalue weighted by Gasteiger charge is -2.36. The number of hydrogen-bond donors (Lipinski definition) is 1. The van der Waals surface area contributed by atoms with E-state index >= 15 is 0 Å². The zero-order chi connectivity index (χ0) is 13.7. The summed E-state index contributed by atoms with van der Waals surface area (Å²) in [6.07, 6.45) is 11.1. The molecule has 0 aromatic heterocycles. The van der Waals surface area contributed by atoms with Crippen LogP contribution in [0.5, 0.6) is 0 Å². The van der Waals surface area contributed by atoms with Crippen LogP contribution in [-0.2, 0) is 0 Å². The molecule has 1 atom stereocenters. The smallest absolute Gasteiger partial charge is 0.00966 e. The molecule has 2 nitrogen and oxygen atoms in total. The van der Waals surface area contributed by atoms with Crippen LogP contribution >= 0.6 is 0 Å². The average molecular weight is 266 g/mol. The van der Waals surface area contributed by atoms with Gasteiger partial charge in [-0.1, -0.05) is 33.6 Å². The predicted octanol–water partition coefficient (Wildman–Crippen LogP) is 3.81. The summed E-state index contributed by atoms with van der Waals surface area (Å²) < 4.78 is 0. The molecule has 19 heavy (non-hydrogen) atoms. The molecular formula is C17H34N2. The van der Waals surface area contributed by atoms with Crippen LogP contribution in [-0.4, -0.2) is 36.6 Å². The van der Waals surface area contributed by atoms with Gasteiger partial charge < -0.3 is 5.32 Å². The highest BCUT2D eigenvalue weighted by molar-refractivity contribution is 4.91. The van der Waals surface area contributed by atoms with Crippen LogP contribution in [0.3, 0.4) is 0 Å². The van der Waals surface area contributed by atoms with Crippen molar-refractivity contribution in [3.8, 4) is 0 Å². The monoisotopic (exact) mass is 266 g/mol. The molecule has 2 saturated carbocycles.